The van der Waals surface area contributed by atoms with Gasteiger partial charge in [0.15, 0.2) is 0 Å². The van der Waals surface area contributed by atoms with E-state index in [1.165, 1.54) is 19.3 Å². The van der Waals surface area contributed by atoms with E-state index in [2.05, 4.69) is 29.2 Å². The molecule has 2 aromatic rings. The minimum absolute atomic E-state index is 0.400. The Morgan fingerprint density at radius 3 is 2.95 bits per heavy atom. The summed E-state index contributed by atoms with van der Waals surface area (Å²) in [5, 5.41) is 2.94. The molecule has 1 atom stereocenters. The first-order valence-corrected chi connectivity index (χ1v) is 8.01. The Kier molecular flexibility index (Phi) is 5.55. The number of hydrazine groups is 1. The first kappa shape index (κ1) is 15.0. The van der Waals surface area contributed by atoms with Gasteiger partial charge in [-0.3, -0.25) is 5.43 Å². The van der Waals surface area contributed by atoms with Crippen molar-refractivity contribution < 1.29 is 4.74 Å². The van der Waals surface area contributed by atoms with Gasteiger partial charge in [0.2, 0.25) is 11.8 Å². The molecule has 5 nitrogen and oxygen atoms in total. The van der Waals surface area contributed by atoms with Gasteiger partial charge in [-0.25, -0.2) is 10.8 Å². The van der Waals surface area contributed by atoms with Crippen LogP contribution in [0.15, 0.2) is 11.4 Å². The van der Waals surface area contributed by atoms with E-state index in [0.717, 1.165) is 16.6 Å². The summed E-state index contributed by atoms with van der Waals surface area (Å²) in [7, 11) is 0. The molecule has 2 aromatic heterocycles. The Hall–Kier alpha value is -1.40. The average molecular weight is 294 g/mol. The number of aromatic nitrogens is 2. The normalized spacial score (nSPS) is 12.6. The summed E-state index contributed by atoms with van der Waals surface area (Å²) in [4.78, 5) is 9.51. The van der Waals surface area contributed by atoms with Crippen molar-refractivity contribution in [1.82, 2.24) is 9.97 Å². The quantitative estimate of drug-likeness (QED) is 0.575. The lowest BCUT2D eigenvalue weighted by Crippen LogP contribution is -2.14. The zero-order chi connectivity index (χ0) is 14.4. The predicted octanol–water partition coefficient (Wildman–Crippen LogP) is 3.57. The van der Waals surface area contributed by atoms with Crippen LogP contribution in [0, 0.1) is 5.92 Å². The van der Waals surface area contributed by atoms with Gasteiger partial charge in [-0.1, -0.05) is 33.1 Å². The molecule has 0 aliphatic rings. The predicted molar refractivity (Wildman–Crippen MR) is 84.0 cm³/mol. The van der Waals surface area contributed by atoms with Crippen molar-refractivity contribution in [2.24, 2.45) is 11.8 Å². The maximum absolute atomic E-state index is 5.93. The molecule has 1 unspecified atom stereocenters. The van der Waals surface area contributed by atoms with Gasteiger partial charge in [-0.15, -0.1) is 11.3 Å². The third-order valence-electron chi connectivity index (χ3n) is 3.42. The van der Waals surface area contributed by atoms with Gasteiger partial charge in [0.05, 0.1) is 12.0 Å². The van der Waals surface area contributed by atoms with Crippen molar-refractivity contribution in [3.05, 3.63) is 11.4 Å². The van der Waals surface area contributed by atoms with Crippen LogP contribution in [0.4, 0.5) is 5.95 Å². The highest BCUT2D eigenvalue weighted by Crippen LogP contribution is 2.28. The standard InChI is InChI=1S/C14H22N4OS/c1-3-5-6-10(4-2)9-19-12-11-7-8-20-13(11)17-14(16-12)18-15/h7-8,10H,3-6,9,15H2,1-2H3,(H,16,17,18). The summed E-state index contributed by atoms with van der Waals surface area (Å²) in [6.45, 7) is 5.12. The molecule has 0 fully saturated rings. The number of fused-ring (bicyclic) bond motifs is 1. The SMILES string of the molecule is CCCCC(CC)COc1nc(NN)nc2sccc12. The molecule has 0 bridgehead atoms. The molecule has 0 radical (unpaired) electrons. The Bertz CT molecular complexity index is 543. The highest BCUT2D eigenvalue weighted by Gasteiger charge is 2.12. The van der Waals surface area contributed by atoms with Crippen molar-refractivity contribution >= 4 is 27.5 Å². The Labute approximate surface area is 123 Å². The van der Waals surface area contributed by atoms with E-state index in [1.807, 2.05) is 11.4 Å². The van der Waals surface area contributed by atoms with Crippen LogP contribution in [0.5, 0.6) is 5.88 Å². The van der Waals surface area contributed by atoms with E-state index in [1.54, 1.807) is 11.3 Å². The summed E-state index contributed by atoms with van der Waals surface area (Å²) >= 11 is 1.56. The van der Waals surface area contributed by atoms with Crippen LogP contribution in [0.2, 0.25) is 0 Å². The van der Waals surface area contributed by atoms with Crippen molar-refractivity contribution in [2.45, 2.75) is 39.5 Å². The third kappa shape index (κ3) is 3.58. The molecule has 6 heteroatoms. The zero-order valence-corrected chi connectivity index (χ0v) is 12.9. The van der Waals surface area contributed by atoms with Gasteiger partial charge in [0, 0.05) is 0 Å². The Balaban J connectivity index is 2.09. The largest absolute Gasteiger partial charge is 0.477 e. The molecule has 0 aromatic carbocycles. The number of rotatable bonds is 8. The van der Waals surface area contributed by atoms with E-state index in [4.69, 9.17) is 10.6 Å². The fraction of sp³-hybridized carbons (Fsp3) is 0.571. The number of anilines is 1. The second kappa shape index (κ2) is 7.40. The van der Waals surface area contributed by atoms with E-state index in [0.29, 0.717) is 24.4 Å². The van der Waals surface area contributed by atoms with Crippen molar-refractivity contribution in [1.29, 1.82) is 0 Å². The van der Waals surface area contributed by atoms with E-state index in [-0.39, 0.29) is 0 Å². The molecule has 0 aliphatic carbocycles. The van der Waals surface area contributed by atoms with Crippen LogP contribution in [-0.2, 0) is 0 Å². The molecule has 110 valence electrons. The molecular weight excluding hydrogens is 272 g/mol. The van der Waals surface area contributed by atoms with Gasteiger partial charge < -0.3 is 4.74 Å². The van der Waals surface area contributed by atoms with Crippen LogP contribution in [-0.4, -0.2) is 16.6 Å². The van der Waals surface area contributed by atoms with Gasteiger partial charge in [-0.05, 0) is 23.8 Å². The number of thiophene rings is 1. The first-order chi connectivity index (χ1) is 9.78. The molecular formula is C14H22N4OS. The number of unbranched alkanes of at least 4 members (excludes halogenated alkanes) is 1. The van der Waals surface area contributed by atoms with Crippen molar-refractivity contribution in [3.63, 3.8) is 0 Å². The number of ether oxygens (including phenoxy) is 1. The second-order valence-electron chi connectivity index (χ2n) is 4.86. The second-order valence-corrected chi connectivity index (χ2v) is 5.76. The first-order valence-electron chi connectivity index (χ1n) is 7.13. The Morgan fingerprint density at radius 2 is 2.25 bits per heavy atom. The van der Waals surface area contributed by atoms with Crippen LogP contribution in [0.1, 0.15) is 39.5 Å². The molecule has 2 heterocycles. The highest BCUT2D eigenvalue weighted by atomic mass is 32.1. The average Bonchev–Trinajstić information content (AvgIpc) is 2.95. The number of nitrogens with one attached hydrogen (secondary N) is 1. The summed E-state index contributed by atoms with van der Waals surface area (Å²) in [5.74, 6) is 7.00. The van der Waals surface area contributed by atoms with Gasteiger partial charge in [-0.2, -0.15) is 4.98 Å². The smallest absolute Gasteiger partial charge is 0.241 e. The topological polar surface area (TPSA) is 73.1 Å². The third-order valence-corrected chi connectivity index (χ3v) is 4.22. The molecule has 3 N–H and O–H groups in total. The fourth-order valence-electron chi connectivity index (χ4n) is 2.10. The highest BCUT2D eigenvalue weighted by molar-refractivity contribution is 7.16. The van der Waals surface area contributed by atoms with Gasteiger partial charge >= 0.3 is 0 Å². The molecule has 20 heavy (non-hydrogen) atoms. The van der Waals surface area contributed by atoms with E-state index < -0.39 is 0 Å². The van der Waals surface area contributed by atoms with E-state index >= 15 is 0 Å². The molecule has 0 amide bonds. The van der Waals surface area contributed by atoms with Gasteiger partial charge in [0.1, 0.15) is 4.83 Å². The Morgan fingerprint density at radius 1 is 1.40 bits per heavy atom. The minimum atomic E-state index is 0.400. The number of nitrogens with zero attached hydrogens (tertiary/aromatic N) is 2. The lowest BCUT2D eigenvalue weighted by atomic mass is 10.0. The molecule has 0 saturated carbocycles. The minimum Gasteiger partial charge on any atom is -0.477 e. The lowest BCUT2D eigenvalue weighted by Gasteiger charge is -2.15. The van der Waals surface area contributed by atoms with Crippen LogP contribution < -0.4 is 16.0 Å². The summed E-state index contributed by atoms with van der Waals surface area (Å²) in [6, 6.07) is 1.99. The number of hydrogen-bond acceptors (Lipinski definition) is 6. The summed E-state index contributed by atoms with van der Waals surface area (Å²) in [5.41, 5.74) is 2.49. The van der Waals surface area contributed by atoms with Crippen molar-refractivity contribution in [2.75, 3.05) is 12.0 Å². The molecule has 0 spiro atoms. The van der Waals surface area contributed by atoms with Gasteiger partial charge in [0.25, 0.3) is 0 Å². The van der Waals surface area contributed by atoms with Crippen LogP contribution in [0.25, 0.3) is 10.2 Å². The molecule has 0 saturated heterocycles. The van der Waals surface area contributed by atoms with E-state index in [9.17, 15) is 0 Å². The summed E-state index contributed by atoms with van der Waals surface area (Å²) in [6.07, 6.45) is 4.79. The number of hydrogen-bond donors (Lipinski definition) is 2. The van der Waals surface area contributed by atoms with Crippen LogP contribution >= 0.6 is 11.3 Å². The number of nitrogens with two attached hydrogens (primary N) is 1. The molecule has 2 rings (SSSR count). The van der Waals surface area contributed by atoms with Crippen LogP contribution in [0.3, 0.4) is 0 Å². The maximum Gasteiger partial charge on any atom is 0.241 e. The fourth-order valence-corrected chi connectivity index (χ4v) is 2.85. The summed E-state index contributed by atoms with van der Waals surface area (Å²) < 4.78 is 5.93. The number of nitrogen functional groups attached to an aromatic ring is 1. The maximum atomic E-state index is 5.93. The van der Waals surface area contributed by atoms with Crippen molar-refractivity contribution in [3.8, 4) is 5.88 Å². The molecule has 0 aliphatic heterocycles. The monoisotopic (exact) mass is 294 g/mol. The zero-order valence-electron chi connectivity index (χ0n) is 12.1. The lowest BCUT2D eigenvalue weighted by molar-refractivity contribution is 0.228.